The number of carbonyl (C=O) groups excluding carboxylic acids is 1. The molecule has 1 fully saturated rings. The fraction of sp³-hybridized carbons (Fsp3) is 0.333. The van der Waals surface area contributed by atoms with Crippen molar-refractivity contribution < 1.29 is 13.2 Å². The Morgan fingerprint density at radius 3 is 2.47 bits per heavy atom. The predicted octanol–water partition coefficient (Wildman–Crippen LogP) is 3.59. The van der Waals surface area contributed by atoms with Crippen LogP contribution in [0.15, 0.2) is 65.7 Å². The fourth-order valence-electron chi connectivity index (χ4n) is 4.14. The van der Waals surface area contributed by atoms with Crippen LogP contribution in [0.5, 0.6) is 0 Å². The number of aromatic nitrogens is 2. The van der Waals surface area contributed by atoms with Gasteiger partial charge < -0.3 is 5.32 Å². The number of anilines is 1. The monoisotopic (exact) mass is 452 g/mol. The van der Waals surface area contributed by atoms with Crippen LogP contribution in [0.3, 0.4) is 0 Å². The largest absolute Gasteiger partial charge is 0.311 e. The molecule has 4 rings (SSSR count). The Bertz CT molecular complexity index is 1200. The summed E-state index contributed by atoms with van der Waals surface area (Å²) in [5, 5.41) is 7.29. The molecule has 2 aromatic carbocycles. The molecule has 168 valence electrons. The number of hydrogen-bond donors (Lipinski definition) is 1. The fourth-order valence-corrected chi connectivity index (χ4v) is 5.81. The Labute approximate surface area is 189 Å². The smallest absolute Gasteiger partial charge is 0.243 e. The van der Waals surface area contributed by atoms with Crippen molar-refractivity contribution in [3.05, 3.63) is 77.5 Å². The third kappa shape index (κ3) is 4.76. The maximum atomic E-state index is 13.1. The zero-order chi connectivity index (χ0) is 22.7. The molecule has 0 saturated carbocycles. The van der Waals surface area contributed by atoms with Crippen molar-refractivity contribution in [3.63, 3.8) is 0 Å². The summed E-state index contributed by atoms with van der Waals surface area (Å²) in [6.45, 7) is 4.99. The second-order valence-corrected chi connectivity index (χ2v) is 10.2. The summed E-state index contributed by atoms with van der Waals surface area (Å²) in [5.41, 5.74) is 2.87. The van der Waals surface area contributed by atoms with E-state index >= 15 is 0 Å². The molecule has 3 aromatic rings. The average molecular weight is 453 g/mol. The summed E-state index contributed by atoms with van der Waals surface area (Å²) in [7, 11) is -3.56. The van der Waals surface area contributed by atoms with Crippen LogP contribution in [-0.2, 0) is 21.4 Å². The molecule has 1 aliphatic rings. The van der Waals surface area contributed by atoms with Crippen LogP contribution in [-0.4, -0.2) is 41.5 Å². The Morgan fingerprint density at radius 1 is 1.06 bits per heavy atom. The lowest BCUT2D eigenvalue weighted by Crippen LogP contribution is -2.41. The van der Waals surface area contributed by atoms with Crippen molar-refractivity contribution in [2.75, 3.05) is 18.4 Å². The maximum Gasteiger partial charge on any atom is 0.243 e. The number of piperidine rings is 1. The highest BCUT2D eigenvalue weighted by molar-refractivity contribution is 7.89. The molecule has 1 N–H and O–H groups in total. The minimum absolute atomic E-state index is 0.0941. The van der Waals surface area contributed by atoms with E-state index in [1.54, 1.807) is 23.0 Å². The van der Waals surface area contributed by atoms with Crippen molar-refractivity contribution >= 4 is 21.7 Å². The number of rotatable bonds is 6. The lowest BCUT2D eigenvalue weighted by Gasteiger charge is -2.31. The van der Waals surface area contributed by atoms with Gasteiger partial charge in [0.25, 0.3) is 0 Å². The van der Waals surface area contributed by atoms with E-state index in [9.17, 15) is 13.2 Å². The van der Waals surface area contributed by atoms with E-state index in [0.29, 0.717) is 43.2 Å². The highest BCUT2D eigenvalue weighted by Crippen LogP contribution is 2.27. The first-order valence-electron chi connectivity index (χ1n) is 10.8. The zero-order valence-electron chi connectivity index (χ0n) is 18.4. The predicted molar refractivity (Wildman–Crippen MR) is 124 cm³/mol. The van der Waals surface area contributed by atoms with Gasteiger partial charge >= 0.3 is 0 Å². The maximum absolute atomic E-state index is 13.1. The molecule has 0 radical (unpaired) electrons. The van der Waals surface area contributed by atoms with Crippen molar-refractivity contribution in [2.24, 2.45) is 5.92 Å². The minimum atomic E-state index is -3.56. The van der Waals surface area contributed by atoms with E-state index < -0.39 is 10.0 Å². The highest BCUT2D eigenvalue weighted by Gasteiger charge is 2.33. The number of aryl methyl sites for hydroxylation is 2. The number of benzene rings is 2. The molecule has 7 nitrogen and oxygen atoms in total. The first-order valence-corrected chi connectivity index (χ1v) is 12.2. The van der Waals surface area contributed by atoms with Crippen LogP contribution in [0.25, 0.3) is 0 Å². The van der Waals surface area contributed by atoms with E-state index in [1.165, 1.54) is 4.31 Å². The number of nitrogens with one attached hydrogen (secondary N) is 1. The topological polar surface area (TPSA) is 84.3 Å². The Kier molecular flexibility index (Phi) is 6.43. The van der Waals surface area contributed by atoms with Gasteiger partial charge in [-0.2, -0.15) is 9.40 Å². The third-order valence-electron chi connectivity index (χ3n) is 5.92. The Morgan fingerprint density at radius 2 is 1.78 bits per heavy atom. The molecule has 0 atom stereocenters. The van der Waals surface area contributed by atoms with Crippen LogP contribution < -0.4 is 5.32 Å². The summed E-state index contributed by atoms with van der Waals surface area (Å²) in [6, 6.07) is 17.1. The standard InChI is InChI=1S/C24H28N4O3S/c1-18-8-9-22(19(2)16-18)32(30,31)27-14-11-21(12-15-27)24(29)26-23-10-13-25-28(23)17-20-6-4-3-5-7-20/h3-10,13,16,21H,11-12,14-15,17H2,1-2H3,(H,26,29). The Balaban J connectivity index is 1.38. The van der Waals surface area contributed by atoms with E-state index in [2.05, 4.69) is 10.4 Å². The first kappa shape index (κ1) is 22.2. The SMILES string of the molecule is Cc1ccc(S(=O)(=O)N2CCC(C(=O)Nc3ccnn3Cc3ccccc3)CC2)c(C)c1. The summed E-state index contributed by atoms with van der Waals surface area (Å²) in [5.74, 6) is 0.313. The molecule has 32 heavy (non-hydrogen) atoms. The van der Waals surface area contributed by atoms with Gasteiger partial charge in [-0.25, -0.2) is 13.1 Å². The van der Waals surface area contributed by atoms with Gasteiger partial charge in [-0.05, 0) is 43.9 Å². The van der Waals surface area contributed by atoms with E-state index in [4.69, 9.17) is 0 Å². The van der Waals surface area contributed by atoms with Gasteiger partial charge in [-0.15, -0.1) is 0 Å². The van der Waals surface area contributed by atoms with Crippen molar-refractivity contribution in [2.45, 2.75) is 38.1 Å². The van der Waals surface area contributed by atoms with Gasteiger partial charge in [-0.3, -0.25) is 4.79 Å². The molecule has 2 heterocycles. The summed E-state index contributed by atoms with van der Waals surface area (Å²) < 4.78 is 29.4. The van der Waals surface area contributed by atoms with Crippen LogP contribution in [0.2, 0.25) is 0 Å². The molecule has 8 heteroatoms. The van der Waals surface area contributed by atoms with Gasteiger partial charge in [-0.1, -0.05) is 48.0 Å². The van der Waals surface area contributed by atoms with Gasteiger partial charge in [0.2, 0.25) is 15.9 Å². The van der Waals surface area contributed by atoms with Crippen molar-refractivity contribution in [1.29, 1.82) is 0 Å². The second kappa shape index (κ2) is 9.26. The van der Waals surface area contributed by atoms with Crippen molar-refractivity contribution in [1.82, 2.24) is 14.1 Å². The number of hydrogen-bond acceptors (Lipinski definition) is 4. The number of amides is 1. The van der Waals surface area contributed by atoms with E-state index in [1.807, 2.05) is 56.3 Å². The minimum Gasteiger partial charge on any atom is -0.311 e. The number of sulfonamides is 1. The third-order valence-corrected chi connectivity index (χ3v) is 7.97. The molecule has 0 bridgehead atoms. The van der Waals surface area contributed by atoms with E-state index in [0.717, 1.165) is 16.7 Å². The number of carbonyl (C=O) groups is 1. The Hall–Kier alpha value is -2.97. The van der Waals surface area contributed by atoms with Crippen molar-refractivity contribution in [3.8, 4) is 0 Å². The lowest BCUT2D eigenvalue weighted by atomic mass is 9.97. The normalized spacial score (nSPS) is 15.6. The molecule has 0 aliphatic carbocycles. The molecule has 1 aliphatic heterocycles. The van der Waals surface area contributed by atoms with Crippen LogP contribution in [0, 0.1) is 19.8 Å². The first-order chi connectivity index (χ1) is 15.3. The quantitative estimate of drug-likeness (QED) is 0.620. The van der Waals surface area contributed by atoms with Crippen LogP contribution in [0.1, 0.15) is 29.5 Å². The highest BCUT2D eigenvalue weighted by atomic mass is 32.2. The molecular weight excluding hydrogens is 424 g/mol. The summed E-state index contributed by atoms with van der Waals surface area (Å²) in [4.78, 5) is 13.2. The molecule has 1 saturated heterocycles. The molecular formula is C24H28N4O3S. The molecule has 1 amide bonds. The summed E-state index contributed by atoms with van der Waals surface area (Å²) in [6.07, 6.45) is 2.64. The van der Waals surface area contributed by atoms with Gasteiger partial charge in [0, 0.05) is 25.1 Å². The van der Waals surface area contributed by atoms with Gasteiger partial charge in [0.15, 0.2) is 0 Å². The number of nitrogens with zero attached hydrogens (tertiary/aromatic N) is 3. The van der Waals surface area contributed by atoms with Crippen LogP contribution >= 0.6 is 0 Å². The zero-order valence-corrected chi connectivity index (χ0v) is 19.2. The van der Waals surface area contributed by atoms with Gasteiger partial charge in [0.05, 0.1) is 17.6 Å². The molecule has 1 aromatic heterocycles. The van der Waals surface area contributed by atoms with Gasteiger partial charge in [0.1, 0.15) is 5.82 Å². The second-order valence-electron chi connectivity index (χ2n) is 8.30. The molecule has 0 unspecified atom stereocenters. The summed E-state index contributed by atoms with van der Waals surface area (Å²) >= 11 is 0. The van der Waals surface area contributed by atoms with Crippen LogP contribution in [0.4, 0.5) is 5.82 Å². The average Bonchev–Trinajstić information content (AvgIpc) is 3.20. The molecule has 0 spiro atoms. The van der Waals surface area contributed by atoms with E-state index in [-0.39, 0.29) is 11.8 Å². The lowest BCUT2D eigenvalue weighted by molar-refractivity contribution is -0.121.